The highest BCUT2D eigenvalue weighted by molar-refractivity contribution is 5.82. The van der Waals surface area contributed by atoms with Crippen molar-refractivity contribution in [3.63, 3.8) is 0 Å². The summed E-state index contributed by atoms with van der Waals surface area (Å²) in [6, 6.07) is 5.69. The van der Waals surface area contributed by atoms with Gasteiger partial charge in [0.2, 0.25) is 17.6 Å². The molecule has 1 aromatic carbocycles. The zero-order valence-corrected chi connectivity index (χ0v) is 19.2. The van der Waals surface area contributed by atoms with E-state index in [0.29, 0.717) is 43.5 Å². The second kappa shape index (κ2) is 10.4. The number of amides is 1. The molecule has 0 radical (unpaired) electrons. The molecule has 2 saturated heterocycles. The van der Waals surface area contributed by atoms with Crippen molar-refractivity contribution in [3.05, 3.63) is 36.0 Å². The lowest BCUT2D eigenvalue weighted by Crippen LogP contribution is -2.53. The van der Waals surface area contributed by atoms with Crippen molar-refractivity contribution in [2.24, 2.45) is 5.92 Å². The van der Waals surface area contributed by atoms with Gasteiger partial charge in [0.25, 0.3) is 0 Å². The Kier molecular flexibility index (Phi) is 7.37. The lowest BCUT2D eigenvalue weighted by atomic mass is 9.95. The number of hydrogen-bond acceptors (Lipinski definition) is 7. The number of ether oxygens (including phenoxy) is 1. The van der Waals surface area contributed by atoms with Gasteiger partial charge in [-0.05, 0) is 70.3 Å². The molecule has 3 heterocycles. The van der Waals surface area contributed by atoms with Crippen molar-refractivity contribution in [2.45, 2.75) is 51.5 Å². The highest BCUT2D eigenvalue weighted by Gasteiger charge is 2.35. The lowest BCUT2D eigenvalue weighted by Gasteiger charge is -2.39. The third-order valence-electron chi connectivity index (χ3n) is 6.60. The molecule has 1 aromatic heterocycles. The SMILES string of the molecule is CCOC(=O)C1CCCN(C(=O)C(C)N2CCCC(c3nc(-c4ccc(F)cc4)no3)C2)C1. The molecule has 3 atom stereocenters. The van der Waals surface area contributed by atoms with Crippen LogP contribution in [0, 0.1) is 11.7 Å². The van der Waals surface area contributed by atoms with Gasteiger partial charge in [-0.15, -0.1) is 0 Å². The minimum absolute atomic E-state index is 0.0318. The summed E-state index contributed by atoms with van der Waals surface area (Å²) in [5.74, 6) is 0.280. The van der Waals surface area contributed by atoms with Crippen molar-refractivity contribution < 1.29 is 23.2 Å². The van der Waals surface area contributed by atoms with E-state index in [9.17, 15) is 14.0 Å². The summed E-state index contributed by atoms with van der Waals surface area (Å²) in [5.41, 5.74) is 0.698. The van der Waals surface area contributed by atoms with Crippen molar-refractivity contribution >= 4 is 11.9 Å². The highest BCUT2D eigenvalue weighted by atomic mass is 19.1. The molecule has 0 bridgehead atoms. The van der Waals surface area contributed by atoms with Crippen LogP contribution < -0.4 is 0 Å². The average molecular weight is 459 g/mol. The number of hydrogen-bond donors (Lipinski definition) is 0. The molecule has 4 rings (SSSR count). The van der Waals surface area contributed by atoms with E-state index in [1.54, 1.807) is 24.0 Å². The molecule has 3 unspecified atom stereocenters. The van der Waals surface area contributed by atoms with Crippen LogP contribution in [0.25, 0.3) is 11.4 Å². The number of rotatable bonds is 6. The molecule has 178 valence electrons. The number of aromatic nitrogens is 2. The standard InChI is InChI=1S/C24H31FN4O4/c1-3-32-24(31)19-7-5-13-29(15-19)23(30)16(2)28-12-4-6-18(14-28)22-26-21(27-33-22)17-8-10-20(25)11-9-17/h8-11,16,18-19H,3-7,12-15H2,1-2H3. The molecule has 8 nitrogen and oxygen atoms in total. The number of likely N-dealkylation sites (tertiary alicyclic amines) is 2. The zero-order chi connectivity index (χ0) is 23.4. The summed E-state index contributed by atoms with van der Waals surface area (Å²) < 4.78 is 23.9. The van der Waals surface area contributed by atoms with Gasteiger partial charge in [0.1, 0.15) is 5.82 Å². The topological polar surface area (TPSA) is 88.8 Å². The highest BCUT2D eigenvalue weighted by Crippen LogP contribution is 2.29. The minimum Gasteiger partial charge on any atom is -0.466 e. The van der Waals surface area contributed by atoms with Gasteiger partial charge in [0.15, 0.2) is 0 Å². The Hall–Kier alpha value is -2.81. The normalized spacial score (nSPS) is 22.7. The van der Waals surface area contributed by atoms with Crippen LogP contribution in [0.4, 0.5) is 4.39 Å². The maximum Gasteiger partial charge on any atom is 0.310 e. The Morgan fingerprint density at radius 2 is 1.94 bits per heavy atom. The molecular formula is C24H31FN4O4. The first kappa shape index (κ1) is 23.4. The van der Waals surface area contributed by atoms with E-state index in [2.05, 4.69) is 15.0 Å². The van der Waals surface area contributed by atoms with Gasteiger partial charge >= 0.3 is 5.97 Å². The molecule has 33 heavy (non-hydrogen) atoms. The van der Waals surface area contributed by atoms with E-state index < -0.39 is 0 Å². The van der Waals surface area contributed by atoms with E-state index in [1.807, 2.05) is 6.92 Å². The van der Waals surface area contributed by atoms with E-state index in [4.69, 9.17) is 9.26 Å². The summed E-state index contributed by atoms with van der Waals surface area (Å²) >= 11 is 0. The molecular weight excluding hydrogens is 427 g/mol. The molecule has 0 spiro atoms. The fourth-order valence-corrected chi connectivity index (χ4v) is 4.73. The van der Waals surface area contributed by atoms with Crippen LogP contribution in [0.5, 0.6) is 0 Å². The Morgan fingerprint density at radius 3 is 2.70 bits per heavy atom. The van der Waals surface area contributed by atoms with E-state index >= 15 is 0 Å². The monoisotopic (exact) mass is 458 g/mol. The summed E-state index contributed by atoms with van der Waals surface area (Å²) in [4.78, 5) is 33.9. The third-order valence-corrected chi connectivity index (χ3v) is 6.60. The molecule has 1 amide bonds. The van der Waals surface area contributed by atoms with Gasteiger partial charge in [0.05, 0.1) is 24.5 Å². The van der Waals surface area contributed by atoms with Crippen molar-refractivity contribution in [1.29, 1.82) is 0 Å². The van der Waals surface area contributed by atoms with E-state index in [-0.39, 0.29) is 35.6 Å². The lowest BCUT2D eigenvalue weighted by molar-refractivity contribution is -0.152. The number of benzene rings is 1. The quantitative estimate of drug-likeness (QED) is 0.614. The number of esters is 1. The van der Waals surface area contributed by atoms with Crippen LogP contribution in [-0.4, -0.2) is 70.6 Å². The van der Waals surface area contributed by atoms with Crippen LogP contribution in [0.3, 0.4) is 0 Å². The van der Waals surface area contributed by atoms with Crippen LogP contribution in [0.2, 0.25) is 0 Å². The summed E-state index contributed by atoms with van der Waals surface area (Å²) in [7, 11) is 0. The molecule has 0 saturated carbocycles. The van der Waals surface area contributed by atoms with Gasteiger partial charge < -0.3 is 14.2 Å². The molecule has 0 N–H and O–H groups in total. The number of carbonyl (C=O) groups excluding carboxylic acids is 2. The van der Waals surface area contributed by atoms with Gasteiger partial charge in [-0.1, -0.05) is 5.16 Å². The fraction of sp³-hybridized carbons (Fsp3) is 0.583. The Morgan fingerprint density at radius 1 is 1.18 bits per heavy atom. The van der Waals surface area contributed by atoms with Gasteiger partial charge in [-0.2, -0.15) is 4.98 Å². The number of nitrogens with zero attached hydrogens (tertiary/aromatic N) is 4. The Bertz CT molecular complexity index is 964. The Labute approximate surface area is 193 Å². The first-order valence-corrected chi connectivity index (χ1v) is 11.7. The number of halogens is 1. The van der Waals surface area contributed by atoms with Crippen LogP contribution in [0.15, 0.2) is 28.8 Å². The summed E-state index contributed by atoms with van der Waals surface area (Å²) in [6.07, 6.45) is 3.38. The molecule has 2 aliphatic heterocycles. The van der Waals surface area contributed by atoms with Gasteiger partial charge in [0, 0.05) is 25.2 Å². The van der Waals surface area contributed by atoms with Crippen molar-refractivity contribution in [2.75, 3.05) is 32.8 Å². The van der Waals surface area contributed by atoms with Crippen molar-refractivity contribution in [1.82, 2.24) is 19.9 Å². The second-order valence-corrected chi connectivity index (χ2v) is 8.85. The van der Waals surface area contributed by atoms with E-state index in [0.717, 1.165) is 32.2 Å². The van der Waals surface area contributed by atoms with Gasteiger partial charge in [-0.25, -0.2) is 4.39 Å². The van der Waals surface area contributed by atoms with Crippen LogP contribution in [-0.2, 0) is 14.3 Å². The summed E-state index contributed by atoms with van der Waals surface area (Å²) in [5, 5.41) is 4.06. The third kappa shape index (κ3) is 5.40. The predicted molar refractivity (Wildman–Crippen MR) is 119 cm³/mol. The Balaban J connectivity index is 1.38. The second-order valence-electron chi connectivity index (χ2n) is 8.85. The van der Waals surface area contributed by atoms with Crippen LogP contribution >= 0.6 is 0 Å². The number of carbonyl (C=O) groups is 2. The smallest absolute Gasteiger partial charge is 0.310 e. The largest absolute Gasteiger partial charge is 0.466 e. The van der Waals surface area contributed by atoms with Gasteiger partial charge in [-0.3, -0.25) is 14.5 Å². The fourth-order valence-electron chi connectivity index (χ4n) is 4.73. The molecule has 2 aliphatic rings. The molecule has 2 fully saturated rings. The summed E-state index contributed by atoms with van der Waals surface area (Å²) in [6.45, 7) is 6.63. The predicted octanol–water partition coefficient (Wildman–Crippen LogP) is 3.25. The van der Waals surface area contributed by atoms with Crippen LogP contribution in [0.1, 0.15) is 51.3 Å². The maximum atomic E-state index is 13.2. The first-order chi connectivity index (χ1) is 16.0. The first-order valence-electron chi connectivity index (χ1n) is 11.7. The molecule has 9 heteroatoms. The molecule has 2 aromatic rings. The average Bonchev–Trinajstić information content (AvgIpc) is 3.34. The molecule has 0 aliphatic carbocycles. The van der Waals surface area contributed by atoms with E-state index in [1.165, 1.54) is 12.1 Å². The maximum absolute atomic E-state index is 13.2. The minimum atomic E-state index is -0.314. The zero-order valence-electron chi connectivity index (χ0n) is 19.2. The number of piperidine rings is 2. The van der Waals surface area contributed by atoms with Crippen molar-refractivity contribution in [3.8, 4) is 11.4 Å².